The van der Waals surface area contributed by atoms with E-state index in [0.29, 0.717) is 76.3 Å². The zero-order valence-electron chi connectivity index (χ0n) is 32.1. The van der Waals surface area contributed by atoms with Crippen LogP contribution in [-0.2, 0) is 39.8 Å². The molecule has 2 aromatic carbocycles. The van der Waals surface area contributed by atoms with E-state index in [-0.39, 0.29) is 49.8 Å². The minimum absolute atomic E-state index is 0.0307. The Morgan fingerprint density at radius 1 is 0.925 bits per heavy atom. The van der Waals surface area contributed by atoms with Crippen molar-refractivity contribution in [1.29, 1.82) is 0 Å². The van der Waals surface area contributed by atoms with Gasteiger partial charge in [0, 0.05) is 42.7 Å². The summed E-state index contributed by atoms with van der Waals surface area (Å²) in [5.74, 6) is 0.514. The number of nitrogens with zero attached hydrogens (tertiary/aromatic N) is 2. The maximum Gasteiger partial charge on any atom is 0.411 e. The van der Waals surface area contributed by atoms with Crippen molar-refractivity contribution in [1.82, 2.24) is 15.1 Å². The van der Waals surface area contributed by atoms with Crippen LogP contribution in [0.5, 0.6) is 11.5 Å². The lowest BCUT2D eigenvalue weighted by molar-refractivity contribution is -0.142. The van der Waals surface area contributed by atoms with Gasteiger partial charge in [0.25, 0.3) is 5.91 Å². The Kier molecular flexibility index (Phi) is 18.4. The van der Waals surface area contributed by atoms with Crippen molar-refractivity contribution in [2.75, 3.05) is 86.6 Å². The van der Waals surface area contributed by atoms with Crippen LogP contribution in [0.15, 0.2) is 42.5 Å². The maximum absolute atomic E-state index is 13.8. The smallest absolute Gasteiger partial charge is 0.411 e. The van der Waals surface area contributed by atoms with Crippen molar-refractivity contribution in [3.8, 4) is 11.5 Å². The molecule has 14 heteroatoms. The normalized spacial score (nSPS) is 14.3. The van der Waals surface area contributed by atoms with Crippen molar-refractivity contribution in [3.05, 3.63) is 59.2 Å². The molecule has 1 fully saturated rings. The second kappa shape index (κ2) is 22.6. The fourth-order valence-corrected chi connectivity index (χ4v) is 5.61. The minimum atomic E-state index is -0.748. The first-order valence-corrected chi connectivity index (χ1v) is 18.2. The average molecular weight is 744 g/mol. The molecule has 1 unspecified atom stereocenters. The predicted molar refractivity (Wildman–Crippen MR) is 197 cm³/mol. The zero-order valence-corrected chi connectivity index (χ0v) is 32.1. The summed E-state index contributed by atoms with van der Waals surface area (Å²) in [7, 11) is 2.91. The van der Waals surface area contributed by atoms with E-state index in [1.807, 2.05) is 31.2 Å². The number of piperidine rings is 1. The Labute approximate surface area is 313 Å². The highest BCUT2D eigenvalue weighted by Gasteiger charge is 2.30. The molecular weight excluding hydrogens is 686 g/mol. The lowest BCUT2D eigenvalue weighted by Crippen LogP contribution is -2.47. The number of carbonyl (C=O) groups excluding carboxylic acids is 4. The molecule has 0 aromatic heterocycles. The van der Waals surface area contributed by atoms with E-state index >= 15 is 0 Å². The summed E-state index contributed by atoms with van der Waals surface area (Å²) in [6.45, 7) is 11.1. The van der Waals surface area contributed by atoms with E-state index in [1.165, 1.54) is 12.0 Å². The van der Waals surface area contributed by atoms with Crippen LogP contribution in [0.25, 0.3) is 0 Å². The number of methoxy groups -OCH3 is 2. The maximum atomic E-state index is 13.8. The zero-order chi connectivity index (χ0) is 38.6. The van der Waals surface area contributed by atoms with Gasteiger partial charge in [-0.1, -0.05) is 12.1 Å². The molecule has 0 spiro atoms. The Hall–Kier alpha value is -4.40. The van der Waals surface area contributed by atoms with Crippen molar-refractivity contribution >= 4 is 23.9 Å². The molecule has 3 amide bonds. The van der Waals surface area contributed by atoms with E-state index < -0.39 is 11.7 Å². The highest BCUT2D eigenvalue weighted by Crippen LogP contribution is 2.29. The molecule has 1 N–H and O–H groups in total. The van der Waals surface area contributed by atoms with Crippen molar-refractivity contribution in [2.24, 2.45) is 0 Å². The van der Waals surface area contributed by atoms with Gasteiger partial charge < -0.3 is 43.4 Å². The van der Waals surface area contributed by atoms with Crippen molar-refractivity contribution in [3.63, 3.8) is 0 Å². The van der Waals surface area contributed by atoms with E-state index in [1.54, 1.807) is 51.0 Å². The highest BCUT2D eigenvalue weighted by atomic mass is 16.6. The number of benzene rings is 2. The van der Waals surface area contributed by atoms with E-state index in [0.717, 1.165) is 24.0 Å². The molecule has 1 heterocycles. The summed E-state index contributed by atoms with van der Waals surface area (Å²) in [4.78, 5) is 54.3. The number of ether oxygens (including phenoxy) is 7. The first-order valence-electron chi connectivity index (χ1n) is 18.2. The molecule has 1 aliphatic heterocycles. The van der Waals surface area contributed by atoms with Crippen molar-refractivity contribution in [2.45, 2.75) is 65.0 Å². The van der Waals surface area contributed by atoms with Gasteiger partial charge in [-0.05, 0) is 70.4 Å². The molecule has 14 nitrogen and oxygen atoms in total. The van der Waals surface area contributed by atoms with Crippen LogP contribution in [0.1, 0.15) is 74.4 Å². The molecular formula is C39H57N3O11. The molecule has 0 aliphatic carbocycles. The molecule has 2 aromatic rings. The summed E-state index contributed by atoms with van der Waals surface area (Å²) in [5.41, 5.74) is 1.48. The Bertz CT molecular complexity index is 1460. The number of amides is 3. The van der Waals surface area contributed by atoms with Gasteiger partial charge in [0.2, 0.25) is 5.91 Å². The molecule has 294 valence electrons. The predicted octanol–water partition coefficient (Wildman–Crippen LogP) is 4.58. The Balaban J connectivity index is 1.51. The van der Waals surface area contributed by atoms with Gasteiger partial charge in [0.15, 0.2) is 0 Å². The topological polar surface area (TPSA) is 151 Å². The quantitative estimate of drug-likeness (QED) is 0.141. The molecule has 1 saturated heterocycles. The van der Waals surface area contributed by atoms with E-state index in [4.69, 9.17) is 28.4 Å². The lowest BCUT2D eigenvalue weighted by atomic mass is 9.89. The number of carbonyl (C=O) groups is 4. The highest BCUT2D eigenvalue weighted by molar-refractivity contribution is 5.94. The number of rotatable bonds is 21. The molecule has 0 saturated carbocycles. The number of hydrogen-bond donors (Lipinski definition) is 1. The molecule has 1 atom stereocenters. The summed E-state index contributed by atoms with van der Waals surface area (Å²) in [6.07, 6.45) is 1.27. The second-order valence-corrected chi connectivity index (χ2v) is 13.5. The summed E-state index contributed by atoms with van der Waals surface area (Å²) in [5, 5.41) is 2.89. The van der Waals surface area contributed by atoms with Crippen LogP contribution in [0.2, 0.25) is 0 Å². The van der Waals surface area contributed by atoms with E-state index in [9.17, 15) is 19.2 Å². The standard InChI is InChI=1S/C39H57N3O11/c1-7-52-34-25-33(47-5)14-13-32(34)27-42(38(46)53-39(2,3)4)28-35(43)41-17-9-12-31(26-41)29-10-8-11-30(24-29)37(45)40-16-19-50-21-23-51-22-20-49-18-15-36(44)48-6/h8,10-11,13-14,24-25,31H,7,9,12,15-23,26-28H2,1-6H3,(H,40,45). The van der Waals surface area contributed by atoms with Gasteiger partial charge in [-0.25, -0.2) is 4.79 Å². The van der Waals surface area contributed by atoms with Gasteiger partial charge in [0.1, 0.15) is 23.6 Å². The molecule has 0 radical (unpaired) electrons. The lowest BCUT2D eigenvalue weighted by Gasteiger charge is -2.35. The molecule has 1 aliphatic rings. The summed E-state index contributed by atoms with van der Waals surface area (Å²) < 4.78 is 37.7. The Morgan fingerprint density at radius 2 is 1.64 bits per heavy atom. The van der Waals surface area contributed by atoms with Crippen LogP contribution in [-0.4, -0.2) is 126 Å². The van der Waals surface area contributed by atoms with Crippen molar-refractivity contribution < 1.29 is 52.3 Å². The monoisotopic (exact) mass is 743 g/mol. The van der Waals surface area contributed by atoms with E-state index in [2.05, 4.69) is 10.1 Å². The summed E-state index contributed by atoms with van der Waals surface area (Å²) in [6, 6.07) is 12.9. The first kappa shape index (κ1) is 43.0. The van der Waals surface area contributed by atoms with Crippen LogP contribution >= 0.6 is 0 Å². The first-order chi connectivity index (χ1) is 25.4. The third-order valence-electron chi connectivity index (χ3n) is 8.26. The minimum Gasteiger partial charge on any atom is -0.497 e. The SMILES string of the molecule is CCOc1cc(OC)ccc1CN(CC(=O)N1CCCC(c2cccc(C(=O)NCCOCCOCCOCCC(=O)OC)c2)C1)C(=O)OC(C)(C)C. The number of hydrogen-bond acceptors (Lipinski definition) is 11. The van der Waals surface area contributed by atoms with Gasteiger partial charge in [-0.2, -0.15) is 0 Å². The third kappa shape index (κ3) is 15.6. The van der Waals surface area contributed by atoms with Crippen LogP contribution in [0, 0.1) is 0 Å². The number of likely N-dealkylation sites (tertiary alicyclic amines) is 1. The van der Waals surface area contributed by atoms with Gasteiger partial charge >= 0.3 is 12.1 Å². The van der Waals surface area contributed by atoms with Crippen LogP contribution in [0.3, 0.4) is 0 Å². The fourth-order valence-electron chi connectivity index (χ4n) is 5.61. The number of nitrogens with one attached hydrogen (secondary N) is 1. The van der Waals surface area contributed by atoms with Gasteiger partial charge in [-0.3, -0.25) is 19.3 Å². The van der Waals surface area contributed by atoms with Gasteiger partial charge in [-0.15, -0.1) is 0 Å². The molecule has 53 heavy (non-hydrogen) atoms. The average Bonchev–Trinajstić information content (AvgIpc) is 3.14. The Morgan fingerprint density at radius 3 is 2.32 bits per heavy atom. The second-order valence-electron chi connectivity index (χ2n) is 13.5. The summed E-state index contributed by atoms with van der Waals surface area (Å²) >= 11 is 0. The third-order valence-corrected chi connectivity index (χ3v) is 8.26. The molecule has 3 rings (SSSR count). The number of esters is 1. The largest absolute Gasteiger partial charge is 0.497 e. The van der Waals surface area contributed by atoms with Crippen LogP contribution < -0.4 is 14.8 Å². The van der Waals surface area contributed by atoms with Gasteiger partial charge in [0.05, 0.1) is 73.4 Å². The molecule has 0 bridgehead atoms. The fraction of sp³-hybridized carbons (Fsp3) is 0.590. The van der Waals surface area contributed by atoms with Crippen LogP contribution in [0.4, 0.5) is 4.79 Å².